The van der Waals surface area contributed by atoms with Gasteiger partial charge in [0.1, 0.15) is 0 Å². The topological polar surface area (TPSA) is 50.9 Å². The zero-order chi connectivity index (χ0) is 14.6. The van der Waals surface area contributed by atoms with E-state index in [-0.39, 0.29) is 6.04 Å². The van der Waals surface area contributed by atoms with Crippen LogP contribution in [0, 0.1) is 0 Å². The normalized spacial score (nSPS) is 19.2. The van der Waals surface area contributed by atoms with Crippen molar-refractivity contribution in [2.24, 2.45) is 5.84 Å². The molecule has 1 fully saturated rings. The second-order valence-electron chi connectivity index (χ2n) is 4.88. The van der Waals surface area contributed by atoms with Gasteiger partial charge in [-0.05, 0) is 12.8 Å². The van der Waals surface area contributed by atoms with Crippen LogP contribution in [0.15, 0.2) is 6.20 Å². The maximum atomic E-state index is 12.5. The maximum absolute atomic E-state index is 12.5. The number of nitrogens with one attached hydrogen (secondary N) is 1. The molecular formula is C12H18F3N3S2. The molecule has 1 saturated carbocycles. The molecule has 0 aliphatic heterocycles. The number of halogens is 3. The van der Waals surface area contributed by atoms with Gasteiger partial charge in [0.05, 0.1) is 6.04 Å². The van der Waals surface area contributed by atoms with Gasteiger partial charge in [-0.3, -0.25) is 11.3 Å². The number of thioether (sulfide) groups is 1. The zero-order valence-electron chi connectivity index (χ0n) is 10.9. The van der Waals surface area contributed by atoms with Gasteiger partial charge in [-0.1, -0.05) is 19.3 Å². The lowest BCUT2D eigenvalue weighted by Crippen LogP contribution is -2.29. The molecule has 2 rings (SSSR count). The summed E-state index contributed by atoms with van der Waals surface area (Å²) in [4.78, 5) is 3.98. The summed E-state index contributed by atoms with van der Waals surface area (Å²) in [5.74, 6) is 6.15. The summed E-state index contributed by atoms with van der Waals surface area (Å²) in [6.45, 7) is 0. The van der Waals surface area contributed by atoms with Gasteiger partial charge in [0.15, 0.2) is 5.01 Å². The van der Waals surface area contributed by atoms with Crippen molar-refractivity contribution < 1.29 is 13.2 Å². The number of thiazole rings is 1. The molecule has 20 heavy (non-hydrogen) atoms. The van der Waals surface area contributed by atoms with Crippen LogP contribution in [0.1, 0.15) is 48.0 Å². The van der Waals surface area contributed by atoms with E-state index in [9.17, 15) is 13.2 Å². The number of hydrogen-bond acceptors (Lipinski definition) is 5. The third-order valence-electron chi connectivity index (χ3n) is 3.36. The molecule has 3 nitrogen and oxygen atoms in total. The number of nitrogens with zero attached hydrogens (tertiary/aromatic N) is 1. The Labute approximate surface area is 124 Å². The molecule has 114 valence electrons. The Balaban J connectivity index is 1.92. The van der Waals surface area contributed by atoms with Crippen molar-refractivity contribution in [3.63, 3.8) is 0 Å². The summed E-state index contributed by atoms with van der Waals surface area (Å²) in [6.07, 6.45) is 3.07. The van der Waals surface area contributed by atoms with Crippen molar-refractivity contribution >= 4 is 23.1 Å². The Hall–Kier alpha value is -0.310. The molecule has 1 unspecified atom stereocenters. The first-order valence-electron chi connectivity index (χ1n) is 6.61. The number of hydrogen-bond donors (Lipinski definition) is 2. The fourth-order valence-corrected chi connectivity index (χ4v) is 4.61. The van der Waals surface area contributed by atoms with E-state index in [4.69, 9.17) is 5.84 Å². The van der Waals surface area contributed by atoms with Gasteiger partial charge >= 0.3 is 6.18 Å². The van der Waals surface area contributed by atoms with Crippen LogP contribution in [0.3, 0.4) is 0 Å². The minimum atomic E-state index is -4.38. The zero-order valence-corrected chi connectivity index (χ0v) is 12.6. The second kappa shape index (κ2) is 7.11. The van der Waals surface area contributed by atoms with Gasteiger partial charge in [0.25, 0.3) is 0 Å². The van der Waals surface area contributed by atoms with Crippen LogP contribution in [0.2, 0.25) is 0 Å². The minimum absolute atomic E-state index is 0.268. The molecular weight excluding hydrogens is 307 g/mol. The Kier molecular flexibility index (Phi) is 5.71. The molecule has 0 radical (unpaired) electrons. The Morgan fingerprint density at radius 2 is 2.10 bits per heavy atom. The van der Waals surface area contributed by atoms with Gasteiger partial charge < -0.3 is 0 Å². The lowest BCUT2D eigenvalue weighted by atomic mass is 10.0. The van der Waals surface area contributed by atoms with E-state index in [1.54, 1.807) is 11.8 Å². The van der Waals surface area contributed by atoms with Gasteiger partial charge in [-0.15, -0.1) is 11.3 Å². The van der Waals surface area contributed by atoms with E-state index in [1.807, 2.05) is 0 Å². The van der Waals surface area contributed by atoms with Gasteiger partial charge in [0.2, 0.25) is 0 Å². The summed E-state index contributed by atoms with van der Waals surface area (Å²) in [5.41, 5.74) is 2.60. The van der Waals surface area contributed by atoms with Crippen LogP contribution in [-0.4, -0.2) is 16.0 Å². The van der Waals surface area contributed by atoms with Gasteiger partial charge in [-0.2, -0.15) is 24.9 Å². The summed E-state index contributed by atoms with van der Waals surface area (Å²) in [5, 5.41) is -0.204. The summed E-state index contributed by atoms with van der Waals surface area (Å²) >= 11 is 2.46. The van der Waals surface area contributed by atoms with E-state index in [0.717, 1.165) is 0 Å². The van der Waals surface area contributed by atoms with Crippen molar-refractivity contribution in [3.8, 4) is 0 Å². The largest absolute Gasteiger partial charge is 0.443 e. The van der Waals surface area contributed by atoms with Crippen LogP contribution < -0.4 is 11.3 Å². The molecule has 0 saturated heterocycles. The van der Waals surface area contributed by atoms with Crippen LogP contribution in [0.4, 0.5) is 13.2 Å². The lowest BCUT2D eigenvalue weighted by Gasteiger charge is -2.23. The average Bonchev–Trinajstić information content (AvgIpc) is 2.90. The second-order valence-corrected chi connectivity index (χ2v) is 7.27. The molecule has 0 aromatic carbocycles. The van der Waals surface area contributed by atoms with Crippen molar-refractivity contribution in [3.05, 3.63) is 16.1 Å². The highest BCUT2D eigenvalue weighted by molar-refractivity contribution is 7.99. The predicted octanol–water partition coefficient (Wildman–Crippen LogP) is 3.73. The summed E-state index contributed by atoms with van der Waals surface area (Å²) in [7, 11) is 0. The molecule has 0 bridgehead atoms. The number of rotatable bonds is 5. The highest BCUT2D eigenvalue weighted by Crippen LogP contribution is 2.36. The smallest absolute Gasteiger partial charge is 0.271 e. The van der Waals surface area contributed by atoms with Crippen LogP contribution >= 0.6 is 23.1 Å². The molecule has 1 aromatic rings. The third-order valence-corrected chi connectivity index (χ3v) is 5.99. The Morgan fingerprint density at radius 1 is 1.40 bits per heavy atom. The first-order valence-corrected chi connectivity index (χ1v) is 8.48. The standard InChI is InChI=1S/C12H18F3N3S2/c13-12(14,15)11-17-6-10(20-11)9(18-16)7-19-8-4-2-1-3-5-8/h6,8-9,18H,1-5,7,16H2. The maximum Gasteiger partial charge on any atom is 0.443 e. The fraction of sp³-hybridized carbons (Fsp3) is 0.750. The number of hydrazine groups is 1. The van der Waals surface area contributed by atoms with Crippen LogP contribution in [-0.2, 0) is 6.18 Å². The third kappa shape index (κ3) is 4.34. The quantitative estimate of drug-likeness (QED) is 0.640. The van der Waals surface area contributed by atoms with Crippen LogP contribution in [0.5, 0.6) is 0 Å². The number of aromatic nitrogens is 1. The summed E-state index contributed by atoms with van der Waals surface area (Å²) < 4.78 is 37.6. The first-order chi connectivity index (χ1) is 9.50. The Morgan fingerprint density at radius 3 is 2.65 bits per heavy atom. The lowest BCUT2D eigenvalue weighted by molar-refractivity contribution is -0.137. The molecule has 1 aliphatic rings. The van der Waals surface area contributed by atoms with Crippen molar-refractivity contribution in [2.45, 2.75) is 49.6 Å². The molecule has 3 N–H and O–H groups in total. The predicted molar refractivity (Wildman–Crippen MR) is 76.5 cm³/mol. The SMILES string of the molecule is NNC(CSC1CCCCC1)c1cnc(C(F)(F)F)s1. The van der Waals surface area contributed by atoms with Crippen molar-refractivity contribution in [1.82, 2.24) is 10.4 Å². The van der Waals surface area contributed by atoms with Gasteiger partial charge in [-0.25, -0.2) is 4.98 Å². The highest BCUT2D eigenvalue weighted by Gasteiger charge is 2.35. The molecule has 1 atom stereocenters. The highest BCUT2D eigenvalue weighted by atomic mass is 32.2. The molecule has 8 heteroatoms. The fourth-order valence-electron chi connectivity index (χ4n) is 2.26. The number of alkyl halides is 3. The summed E-state index contributed by atoms with van der Waals surface area (Å²) in [6, 6.07) is -0.268. The number of nitrogens with two attached hydrogens (primary N) is 1. The van der Waals surface area contributed by atoms with Gasteiger partial charge in [0, 0.05) is 22.1 Å². The van der Waals surface area contributed by atoms with E-state index >= 15 is 0 Å². The monoisotopic (exact) mass is 325 g/mol. The van der Waals surface area contributed by atoms with Crippen LogP contribution in [0.25, 0.3) is 0 Å². The molecule has 1 heterocycles. The average molecular weight is 325 g/mol. The van der Waals surface area contributed by atoms with E-state index in [0.29, 0.717) is 27.2 Å². The van der Waals surface area contributed by atoms with E-state index in [1.165, 1.54) is 38.3 Å². The Bertz CT molecular complexity index is 416. The van der Waals surface area contributed by atoms with Crippen molar-refractivity contribution in [1.29, 1.82) is 0 Å². The first kappa shape index (κ1) is 16.1. The minimum Gasteiger partial charge on any atom is -0.271 e. The van der Waals surface area contributed by atoms with E-state index < -0.39 is 11.2 Å². The molecule has 1 aromatic heterocycles. The molecule has 0 spiro atoms. The molecule has 1 aliphatic carbocycles. The van der Waals surface area contributed by atoms with E-state index in [2.05, 4.69) is 10.4 Å². The molecule has 0 amide bonds. The van der Waals surface area contributed by atoms with Crippen molar-refractivity contribution in [2.75, 3.05) is 5.75 Å².